The van der Waals surface area contributed by atoms with Crippen molar-refractivity contribution < 1.29 is 19.2 Å². The fourth-order valence-electron chi connectivity index (χ4n) is 2.32. The third kappa shape index (κ3) is 5.54. The number of non-ortho nitro benzene ring substituents is 1. The van der Waals surface area contributed by atoms with E-state index in [2.05, 4.69) is 31.6 Å². The summed E-state index contributed by atoms with van der Waals surface area (Å²) in [5.41, 5.74) is 5.75. The van der Waals surface area contributed by atoms with Gasteiger partial charge >= 0.3 is 0 Å². The van der Waals surface area contributed by atoms with Crippen LogP contribution in [0.5, 0.6) is 5.75 Å². The Labute approximate surface area is 163 Å². The first-order valence-electron chi connectivity index (χ1n) is 8.70. The van der Waals surface area contributed by atoms with Gasteiger partial charge in [0.2, 0.25) is 0 Å². The number of benzene rings is 2. The second-order valence-electron chi connectivity index (χ2n) is 7.28. The molecule has 0 aliphatic heterocycles. The van der Waals surface area contributed by atoms with Gasteiger partial charge in [-0.3, -0.25) is 30.6 Å². The molecule has 0 aliphatic rings. The van der Waals surface area contributed by atoms with E-state index in [4.69, 9.17) is 4.74 Å². The second kappa shape index (κ2) is 8.51. The van der Waals surface area contributed by atoms with Crippen LogP contribution in [0.15, 0.2) is 48.5 Å². The minimum Gasteiger partial charge on any atom is -0.481 e. The number of hydrogen-bond donors (Lipinski definition) is 2. The molecule has 0 radical (unpaired) electrons. The van der Waals surface area contributed by atoms with Crippen molar-refractivity contribution in [3.63, 3.8) is 0 Å². The van der Waals surface area contributed by atoms with E-state index in [0.717, 1.165) is 5.56 Å². The zero-order valence-corrected chi connectivity index (χ0v) is 16.2. The van der Waals surface area contributed by atoms with Gasteiger partial charge in [-0.25, -0.2) is 0 Å². The summed E-state index contributed by atoms with van der Waals surface area (Å²) in [5.74, 6) is -0.586. The second-order valence-corrected chi connectivity index (χ2v) is 7.28. The standard InChI is InChI=1S/C20H23N3O5/c1-13(28-17-11-7-15(8-12-17)20(2,3)4)18(24)21-22-19(25)14-5-9-16(10-6-14)23(26)27/h5-13H,1-4H3,(H,21,24)(H,22,25). The fraction of sp³-hybridized carbons (Fsp3) is 0.300. The molecule has 0 heterocycles. The average molecular weight is 385 g/mol. The third-order valence-corrected chi connectivity index (χ3v) is 4.04. The maximum absolute atomic E-state index is 12.1. The van der Waals surface area contributed by atoms with Crippen molar-refractivity contribution in [1.29, 1.82) is 0 Å². The van der Waals surface area contributed by atoms with Crippen LogP contribution in [0.1, 0.15) is 43.6 Å². The van der Waals surface area contributed by atoms with E-state index < -0.39 is 22.8 Å². The van der Waals surface area contributed by atoms with Gasteiger partial charge in [0.1, 0.15) is 5.75 Å². The van der Waals surface area contributed by atoms with E-state index in [1.165, 1.54) is 24.3 Å². The number of hydrogen-bond acceptors (Lipinski definition) is 5. The number of nitrogens with one attached hydrogen (secondary N) is 2. The van der Waals surface area contributed by atoms with Gasteiger partial charge in [-0.05, 0) is 42.2 Å². The van der Waals surface area contributed by atoms with Crippen molar-refractivity contribution in [1.82, 2.24) is 10.9 Å². The summed E-state index contributed by atoms with van der Waals surface area (Å²) in [4.78, 5) is 34.2. The fourth-order valence-corrected chi connectivity index (χ4v) is 2.32. The summed E-state index contributed by atoms with van der Waals surface area (Å²) < 4.78 is 5.59. The Morgan fingerprint density at radius 2 is 1.57 bits per heavy atom. The van der Waals surface area contributed by atoms with Crippen LogP contribution >= 0.6 is 0 Å². The number of hydrazine groups is 1. The molecule has 1 atom stereocenters. The lowest BCUT2D eigenvalue weighted by molar-refractivity contribution is -0.384. The molecule has 2 amide bonds. The molecule has 0 aliphatic carbocycles. The maximum atomic E-state index is 12.1. The summed E-state index contributed by atoms with van der Waals surface area (Å²) in [6, 6.07) is 12.5. The summed E-state index contributed by atoms with van der Waals surface area (Å²) >= 11 is 0. The van der Waals surface area contributed by atoms with Gasteiger partial charge < -0.3 is 4.74 Å². The van der Waals surface area contributed by atoms with Gasteiger partial charge in [-0.2, -0.15) is 0 Å². The molecule has 0 fully saturated rings. The highest BCUT2D eigenvalue weighted by Crippen LogP contribution is 2.24. The van der Waals surface area contributed by atoms with Crippen molar-refractivity contribution in [3.05, 3.63) is 69.8 Å². The molecule has 2 rings (SSSR count). The Kier molecular flexibility index (Phi) is 6.35. The number of nitrogens with zero attached hydrogens (tertiary/aromatic N) is 1. The SMILES string of the molecule is CC(Oc1ccc(C(C)(C)C)cc1)C(=O)NNC(=O)c1ccc([N+](=O)[O-])cc1. The number of ether oxygens (including phenoxy) is 1. The van der Waals surface area contributed by atoms with Crippen LogP contribution in [0.3, 0.4) is 0 Å². The highest BCUT2D eigenvalue weighted by Gasteiger charge is 2.18. The number of rotatable bonds is 5. The lowest BCUT2D eigenvalue weighted by Crippen LogP contribution is -2.47. The minimum absolute atomic E-state index is 0.0175. The maximum Gasteiger partial charge on any atom is 0.279 e. The van der Waals surface area contributed by atoms with Crippen LogP contribution in [-0.4, -0.2) is 22.8 Å². The topological polar surface area (TPSA) is 111 Å². The first-order chi connectivity index (χ1) is 13.1. The van der Waals surface area contributed by atoms with Crippen molar-refractivity contribution in [3.8, 4) is 5.75 Å². The van der Waals surface area contributed by atoms with Crippen LogP contribution in [0.25, 0.3) is 0 Å². The van der Waals surface area contributed by atoms with Crippen molar-refractivity contribution in [2.75, 3.05) is 0 Å². The van der Waals surface area contributed by atoms with Gasteiger partial charge in [0, 0.05) is 17.7 Å². The molecule has 0 saturated carbocycles. The summed E-state index contributed by atoms with van der Waals surface area (Å²) in [6.45, 7) is 7.87. The van der Waals surface area contributed by atoms with Crippen molar-refractivity contribution in [2.24, 2.45) is 0 Å². The Bertz CT molecular complexity index is 855. The number of nitro groups is 1. The monoisotopic (exact) mass is 385 g/mol. The lowest BCUT2D eigenvalue weighted by Gasteiger charge is -2.20. The molecule has 1 unspecified atom stereocenters. The third-order valence-electron chi connectivity index (χ3n) is 4.04. The van der Waals surface area contributed by atoms with E-state index in [9.17, 15) is 19.7 Å². The average Bonchev–Trinajstić information content (AvgIpc) is 2.65. The molecular formula is C20H23N3O5. The quantitative estimate of drug-likeness (QED) is 0.607. The normalized spacial score (nSPS) is 12.0. The molecule has 0 bridgehead atoms. The molecule has 8 nitrogen and oxygen atoms in total. The number of carbonyl (C=O) groups is 2. The Morgan fingerprint density at radius 3 is 2.07 bits per heavy atom. The smallest absolute Gasteiger partial charge is 0.279 e. The molecule has 0 saturated heterocycles. The van der Waals surface area contributed by atoms with Gasteiger partial charge in [0.15, 0.2) is 6.10 Å². The number of carbonyl (C=O) groups excluding carboxylic acids is 2. The van der Waals surface area contributed by atoms with Crippen LogP contribution in [0.2, 0.25) is 0 Å². The van der Waals surface area contributed by atoms with Gasteiger partial charge in [-0.1, -0.05) is 32.9 Å². The zero-order chi connectivity index (χ0) is 20.9. The summed E-state index contributed by atoms with van der Waals surface area (Å²) in [6.07, 6.45) is -0.836. The van der Waals surface area contributed by atoms with Crippen LogP contribution in [0, 0.1) is 10.1 Å². The molecule has 0 aromatic heterocycles. The molecule has 28 heavy (non-hydrogen) atoms. The predicted octanol–water partition coefficient (Wildman–Crippen LogP) is 3.12. The first-order valence-corrected chi connectivity index (χ1v) is 8.70. The molecule has 2 aromatic rings. The summed E-state index contributed by atoms with van der Waals surface area (Å²) in [7, 11) is 0. The number of amides is 2. The van der Waals surface area contributed by atoms with E-state index >= 15 is 0 Å². The zero-order valence-electron chi connectivity index (χ0n) is 16.2. The first kappa shape index (κ1) is 20.9. The van der Waals surface area contributed by atoms with Crippen LogP contribution in [0.4, 0.5) is 5.69 Å². The van der Waals surface area contributed by atoms with Gasteiger partial charge in [0.05, 0.1) is 4.92 Å². The Hall–Kier alpha value is -3.42. The Balaban J connectivity index is 1.88. The molecule has 8 heteroatoms. The van der Waals surface area contributed by atoms with Crippen molar-refractivity contribution >= 4 is 17.5 Å². The van der Waals surface area contributed by atoms with Gasteiger partial charge in [0.25, 0.3) is 17.5 Å². The number of nitro benzene ring substituents is 1. The highest BCUT2D eigenvalue weighted by molar-refractivity contribution is 5.95. The van der Waals surface area contributed by atoms with Crippen LogP contribution < -0.4 is 15.6 Å². The van der Waals surface area contributed by atoms with Crippen molar-refractivity contribution in [2.45, 2.75) is 39.2 Å². The molecule has 0 spiro atoms. The van der Waals surface area contributed by atoms with E-state index in [0.29, 0.717) is 5.75 Å². The van der Waals surface area contributed by atoms with Crippen LogP contribution in [-0.2, 0) is 10.2 Å². The molecule has 148 valence electrons. The van der Waals surface area contributed by atoms with Gasteiger partial charge in [-0.15, -0.1) is 0 Å². The van der Waals surface area contributed by atoms with E-state index in [1.807, 2.05) is 12.1 Å². The minimum atomic E-state index is -0.836. The molecular weight excluding hydrogens is 362 g/mol. The van der Waals surface area contributed by atoms with E-state index in [1.54, 1.807) is 19.1 Å². The largest absolute Gasteiger partial charge is 0.481 e. The summed E-state index contributed by atoms with van der Waals surface area (Å²) in [5, 5.41) is 10.6. The lowest BCUT2D eigenvalue weighted by atomic mass is 9.87. The van der Waals surface area contributed by atoms with E-state index in [-0.39, 0.29) is 16.7 Å². The predicted molar refractivity (Wildman–Crippen MR) is 104 cm³/mol. The molecule has 2 N–H and O–H groups in total. The highest BCUT2D eigenvalue weighted by atomic mass is 16.6. The molecule has 2 aromatic carbocycles. The Morgan fingerprint density at radius 1 is 1.00 bits per heavy atom.